The van der Waals surface area contributed by atoms with Crippen LogP contribution in [0.15, 0.2) is 66.9 Å². The van der Waals surface area contributed by atoms with E-state index in [4.69, 9.17) is 4.74 Å². The molecular weight excluding hydrogens is 290 g/mol. The van der Waals surface area contributed by atoms with E-state index < -0.39 is 0 Å². The zero-order valence-electron chi connectivity index (χ0n) is 12.8. The van der Waals surface area contributed by atoms with E-state index in [0.717, 1.165) is 11.3 Å². The molecule has 0 saturated heterocycles. The number of carbonyl (C=O) groups is 1. The number of para-hydroxylation sites is 1. The fourth-order valence-corrected chi connectivity index (χ4v) is 2.21. The Morgan fingerprint density at radius 2 is 1.83 bits per heavy atom. The van der Waals surface area contributed by atoms with Crippen molar-refractivity contribution < 1.29 is 9.53 Å². The van der Waals surface area contributed by atoms with Crippen molar-refractivity contribution in [1.82, 2.24) is 9.78 Å². The van der Waals surface area contributed by atoms with Gasteiger partial charge in [-0.15, -0.1) is 0 Å². The molecular formula is C18H17N3O2. The van der Waals surface area contributed by atoms with Crippen molar-refractivity contribution in [2.45, 2.75) is 6.61 Å². The molecule has 0 unspecified atom stereocenters. The van der Waals surface area contributed by atoms with Crippen molar-refractivity contribution in [3.05, 3.63) is 78.0 Å². The van der Waals surface area contributed by atoms with Crippen LogP contribution in [0, 0.1) is 0 Å². The Kier molecular flexibility index (Phi) is 4.38. The van der Waals surface area contributed by atoms with Gasteiger partial charge in [0.05, 0.1) is 0 Å². The van der Waals surface area contributed by atoms with Gasteiger partial charge >= 0.3 is 0 Å². The number of aromatic nitrogens is 2. The Morgan fingerprint density at radius 3 is 2.57 bits per heavy atom. The van der Waals surface area contributed by atoms with Crippen LogP contribution < -0.4 is 10.1 Å². The predicted molar refractivity (Wildman–Crippen MR) is 88.4 cm³/mol. The molecule has 2 aromatic carbocycles. The van der Waals surface area contributed by atoms with Gasteiger partial charge in [-0.3, -0.25) is 9.48 Å². The monoisotopic (exact) mass is 307 g/mol. The van der Waals surface area contributed by atoms with Crippen molar-refractivity contribution in [3.63, 3.8) is 0 Å². The molecule has 0 radical (unpaired) electrons. The van der Waals surface area contributed by atoms with E-state index in [-0.39, 0.29) is 5.91 Å². The highest BCUT2D eigenvalue weighted by atomic mass is 16.5. The van der Waals surface area contributed by atoms with Gasteiger partial charge in [0, 0.05) is 30.4 Å². The highest BCUT2D eigenvalue weighted by Crippen LogP contribution is 2.16. The molecule has 5 heteroatoms. The van der Waals surface area contributed by atoms with Crippen molar-refractivity contribution in [2.75, 3.05) is 5.32 Å². The third-order valence-corrected chi connectivity index (χ3v) is 3.35. The summed E-state index contributed by atoms with van der Waals surface area (Å²) in [5.41, 5.74) is 1.40. The topological polar surface area (TPSA) is 56.2 Å². The second kappa shape index (κ2) is 6.79. The highest BCUT2D eigenvalue weighted by molar-refractivity contribution is 6.04. The van der Waals surface area contributed by atoms with Gasteiger partial charge < -0.3 is 10.1 Å². The zero-order valence-corrected chi connectivity index (χ0v) is 12.8. The lowest BCUT2D eigenvalue weighted by Gasteiger charge is -2.10. The van der Waals surface area contributed by atoms with Crippen LogP contribution >= 0.6 is 0 Å². The van der Waals surface area contributed by atoms with Crippen LogP contribution in [0.5, 0.6) is 5.75 Å². The Labute approximate surface area is 134 Å². The van der Waals surface area contributed by atoms with Gasteiger partial charge in [0.1, 0.15) is 12.4 Å². The quantitative estimate of drug-likeness (QED) is 0.787. The van der Waals surface area contributed by atoms with Crippen LogP contribution in [-0.4, -0.2) is 15.7 Å². The maximum absolute atomic E-state index is 12.4. The van der Waals surface area contributed by atoms with E-state index in [0.29, 0.717) is 18.0 Å². The molecule has 1 heterocycles. The summed E-state index contributed by atoms with van der Waals surface area (Å²) in [7, 11) is 1.80. The molecule has 0 spiro atoms. The summed E-state index contributed by atoms with van der Waals surface area (Å²) < 4.78 is 7.38. The van der Waals surface area contributed by atoms with Crippen LogP contribution in [-0.2, 0) is 13.7 Å². The summed E-state index contributed by atoms with van der Waals surface area (Å²) in [4.78, 5) is 12.4. The molecule has 1 amide bonds. The third kappa shape index (κ3) is 3.77. The van der Waals surface area contributed by atoms with Crippen LogP contribution in [0.1, 0.15) is 15.9 Å². The fourth-order valence-electron chi connectivity index (χ4n) is 2.21. The number of hydrogen-bond acceptors (Lipinski definition) is 3. The second-order valence-corrected chi connectivity index (χ2v) is 5.09. The van der Waals surface area contributed by atoms with Crippen LogP contribution in [0.2, 0.25) is 0 Å². The van der Waals surface area contributed by atoms with Crippen molar-refractivity contribution in [3.8, 4) is 5.75 Å². The van der Waals surface area contributed by atoms with Gasteiger partial charge in [-0.2, -0.15) is 5.10 Å². The van der Waals surface area contributed by atoms with E-state index in [2.05, 4.69) is 10.4 Å². The molecule has 0 saturated carbocycles. The lowest BCUT2D eigenvalue weighted by molar-refractivity contribution is 0.102. The van der Waals surface area contributed by atoms with E-state index in [9.17, 15) is 4.79 Å². The number of anilines is 1. The van der Waals surface area contributed by atoms with Crippen molar-refractivity contribution in [1.29, 1.82) is 0 Å². The molecule has 1 aromatic heterocycles. The standard InChI is InChI=1S/C18H17N3O2/c1-21-12-11-17(20-21)19-18(22)16-10-6-5-7-14(16)13-23-15-8-3-2-4-9-15/h2-12H,13H2,1H3,(H,19,20,22). The third-order valence-electron chi connectivity index (χ3n) is 3.35. The molecule has 5 nitrogen and oxygen atoms in total. The number of ether oxygens (including phenoxy) is 1. The summed E-state index contributed by atoms with van der Waals surface area (Å²) in [6, 6.07) is 18.7. The van der Waals surface area contributed by atoms with Crippen molar-refractivity contribution >= 4 is 11.7 Å². The summed E-state index contributed by atoms with van der Waals surface area (Å²) >= 11 is 0. The number of rotatable bonds is 5. The molecule has 0 aliphatic carbocycles. The Balaban J connectivity index is 1.73. The van der Waals surface area contributed by atoms with Crippen LogP contribution in [0.3, 0.4) is 0 Å². The molecule has 3 aromatic rings. The first-order chi connectivity index (χ1) is 11.2. The number of amides is 1. The minimum absolute atomic E-state index is 0.198. The Morgan fingerprint density at radius 1 is 1.09 bits per heavy atom. The number of nitrogens with one attached hydrogen (secondary N) is 1. The van der Waals surface area contributed by atoms with Gasteiger partial charge in [0.15, 0.2) is 5.82 Å². The van der Waals surface area contributed by atoms with E-state index in [1.54, 1.807) is 30.1 Å². The Hall–Kier alpha value is -3.08. The number of hydrogen-bond donors (Lipinski definition) is 1. The minimum atomic E-state index is -0.198. The lowest BCUT2D eigenvalue weighted by Crippen LogP contribution is -2.15. The maximum atomic E-state index is 12.4. The molecule has 0 aliphatic heterocycles. The van der Waals surface area contributed by atoms with Gasteiger partial charge in [-0.1, -0.05) is 36.4 Å². The smallest absolute Gasteiger partial charge is 0.257 e. The summed E-state index contributed by atoms with van der Waals surface area (Å²) in [5.74, 6) is 1.10. The number of nitrogens with zero attached hydrogens (tertiary/aromatic N) is 2. The molecule has 0 fully saturated rings. The van der Waals surface area contributed by atoms with Gasteiger partial charge in [-0.25, -0.2) is 0 Å². The molecule has 23 heavy (non-hydrogen) atoms. The molecule has 0 bridgehead atoms. The largest absolute Gasteiger partial charge is 0.489 e. The molecule has 1 N–H and O–H groups in total. The number of benzene rings is 2. The predicted octanol–water partition coefficient (Wildman–Crippen LogP) is 3.25. The summed E-state index contributed by atoms with van der Waals surface area (Å²) in [5, 5.41) is 6.94. The summed E-state index contributed by atoms with van der Waals surface area (Å²) in [6.45, 7) is 0.329. The molecule has 0 atom stereocenters. The average molecular weight is 307 g/mol. The highest BCUT2D eigenvalue weighted by Gasteiger charge is 2.12. The van der Waals surface area contributed by atoms with Crippen LogP contribution in [0.4, 0.5) is 5.82 Å². The molecule has 0 aliphatic rings. The molecule has 3 rings (SSSR count). The average Bonchev–Trinajstić information content (AvgIpc) is 2.99. The minimum Gasteiger partial charge on any atom is -0.489 e. The first kappa shape index (κ1) is 14.8. The maximum Gasteiger partial charge on any atom is 0.257 e. The Bertz CT molecular complexity index is 797. The zero-order chi connectivity index (χ0) is 16.1. The van der Waals surface area contributed by atoms with Gasteiger partial charge in [0.2, 0.25) is 0 Å². The SMILES string of the molecule is Cn1ccc(NC(=O)c2ccccc2COc2ccccc2)n1. The van der Waals surface area contributed by atoms with Gasteiger partial charge in [-0.05, 0) is 18.2 Å². The normalized spacial score (nSPS) is 10.3. The second-order valence-electron chi connectivity index (χ2n) is 5.09. The number of carbonyl (C=O) groups excluding carboxylic acids is 1. The van der Waals surface area contributed by atoms with E-state index in [1.807, 2.05) is 48.5 Å². The van der Waals surface area contributed by atoms with Gasteiger partial charge in [0.25, 0.3) is 5.91 Å². The van der Waals surface area contributed by atoms with E-state index >= 15 is 0 Å². The molecule has 116 valence electrons. The fraction of sp³-hybridized carbons (Fsp3) is 0.111. The van der Waals surface area contributed by atoms with Crippen molar-refractivity contribution in [2.24, 2.45) is 7.05 Å². The number of aryl methyl sites for hydroxylation is 1. The lowest BCUT2D eigenvalue weighted by atomic mass is 10.1. The first-order valence-corrected chi connectivity index (χ1v) is 7.29. The van der Waals surface area contributed by atoms with E-state index in [1.165, 1.54) is 0 Å². The van der Waals surface area contributed by atoms with Crippen LogP contribution in [0.25, 0.3) is 0 Å². The summed E-state index contributed by atoms with van der Waals surface area (Å²) in [6.07, 6.45) is 1.78. The first-order valence-electron chi connectivity index (χ1n) is 7.29.